The van der Waals surface area contributed by atoms with Gasteiger partial charge in [-0.15, -0.1) is 0 Å². The summed E-state index contributed by atoms with van der Waals surface area (Å²) in [5, 5.41) is 12.7. The first kappa shape index (κ1) is 22.8. The molecule has 2 amide bonds. The minimum absolute atomic E-state index is 0.226. The third-order valence-electron chi connectivity index (χ3n) is 6.54. The summed E-state index contributed by atoms with van der Waals surface area (Å²) in [6.45, 7) is 3.13. The van der Waals surface area contributed by atoms with E-state index < -0.39 is 29.6 Å². The zero-order valence-corrected chi connectivity index (χ0v) is 17.9. The molecule has 3 heterocycles. The van der Waals surface area contributed by atoms with Crippen LogP contribution in [0.25, 0.3) is 0 Å². The summed E-state index contributed by atoms with van der Waals surface area (Å²) in [4.78, 5) is 39.6. The minimum atomic E-state index is -4.62. The lowest BCUT2D eigenvalue weighted by Gasteiger charge is -2.39. The van der Waals surface area contributed by atoms with Crippen LogP contribution < -0.4 is 0 Å². The molecule has 2 saturated heterocycles. The molecule has 33 heavy (non-hydrogen) atoms. The summed E-state index contributed by atoms with van der Waals surface area (Å²) >= 11 is 0. The molecule has 2 fully saturated rings. The van der Waals surface area contributed by atoms with Crippen molar-refractivity contribution in [3.8, 4) is 0 Å². The Balaban J connectivity index is 1.42. The van der Waals surface area contributed by atoms with E-state index in [0.717, 1.165) is 10.7 Å². The average Bonchev–Trinajstić information content (AvgIpc) is 3.41. The fourth-order valence-corrected chi connectivity index (χ4v) is 4.63. The monoisotopic (exact) mass is 464 g/mol. The van der Waals surface area contributed by atoms with Crippen LogP contribution in [0.2, 0.25) is 0 Å². The molecular formula is C22H23F3N4O4. The Bertz CT molecular complexity index is 1100. The maximum atomic E-state index is 13.4. The molecule has 0 unspecified atom stereocenters. The summed E-state index contributed by atoms with van der Waals surface area (Å²) in [6, 6.07) is 4.39. The van der Waals surface area contributed by atoms with Crippen molar-refractivity contribution in [3.63, 3.8) is 0 Å². The van der Waals surface area contributed by atoms with Crippen LogP contribution in [-0.4, -0.2) is 68.8 Å². The maximum absolute atomic E-state index is 13.4. The molecule has 2 aliphatic rings. The number of nitrogens with zero attached hydrogens (tertiary/aromatic N) is 4. The van der Waals surface area contributed by atoms with E-state index in [2.05, 4.69) is 5.10 Å². The third kappa shape index (κ3) is 4.44. The van der Waals surface area contributed by atoms with Gasteiger partial charge in [0.2, 0.25) is 0 Å². The van der Waals surface area contributed by atoms with Gasteiger partial charge in [0.15, 0.2) is 5.69 Å². The lowest BCUT2D eigenvalue weighted by atomic mass is 9.78. The highest BCUT2D eigenvalue weighted by atomic mass is 19.4. The molecule has 2 aromatic rings. The molecule has 1 N–H and O–H groups in total. The summed E-state index contributed by atoms with van der Waals surface area (Å²) in [7, 11) is 0. The first-order chi connectivity index (χ1) is 15.5. The van der Waals surface area contributed by atoms with Crippen LogP contribution in [0.4, 0.5) is 18.0 Å². The Morgan fingerprint density at radius 2 is 1.67 bits per heavy atom. The quantitative estimate of drug-likeness (QED) is 0.734. The Morgan fingerprint density at radius 3 is 2.24 bits per heavy atom. The number of carboxylic acids is 1. The number of aromatic carboxylic acids is 1. The molecule has 1 aromatic heterocycles. The number of amides is 2. The van der Waals surface area contributed by atoms with Crippen molar-refractivity contribution in [2.45, 2.75) is 32.4 Å². The molecule has 8 nitrogen and oxygen atoms in total. The highest BCUT2D eigenvalue weighted by Gasteiger charge is 2.44. The Hall–Kier alpha value is -3.37. The van der Waals surface area contributed by atoms with Crippen molar-refractivity contribution < 1.29 is 32.7 Å². The highest BCUT2D eigenvalue weighted by Crippen LogP contribution is 2.42. The van der Waals surface area contributed by atoms with E-state index in [9.17, 15) is 27.6 Å². The summed E-state index contributed by atoms with van der Waals surface area (Å²) in [5.41, 5.74) is -1.17. The number of aryl methyl sites for hydroxylation is 1. The molecule has 0 aliphatic carbocycles. The molecule has 0 radical (unpaired) electrons. The van der Waals surface area contributed by atoms with Gasteiger partial charge < -0.3 is 14.9 Å². The van der Waals surface area contributed by atoms with Crippen LogP contribution in [0.1, 0.15) is 51.2 Å². The lowest BCUT2D eigenvalue weighted by molar-refractivity contribution is -0.138. The predicted molar refractivity (Wildman–Crippen MR) is 110 cm³/mol. The van der Waals surface area contributed by atoms with Gasteiger partial charge in [0.05, 0.1) is 11.1 Å². The number of benzene rings is 1. The van der Waals surface area contributed by atoms with Crippen molar-refractivity contribution in [1.29, 1.82) is 0 Å². The van der Waals surface area contributed by atoms with Gasteiger partial charge in [0.25, 0.3) is 5.91 Å². The van der Waals surface area contributed by atoms with E-state index in [0.29, 0.717) is 51.0 Å². The number of hydrogen-bond donors (Lipinski definition) is 1. The predicted octanol–water partition coefficient (Wildman–Crippen LogP) is 3.50. The van der Waals surface area contributed by atoms with Crippen molar-refractivity contribution in [3.05, 3.63) is 52.8 Å². The highest BCUT2D eigenvalue weighted by molar-refractivity contribution is 5.96. The number of carboxylic acid groups (broad SMARTS) is 1. The Morgan fingerprint density at radius 1 is 1.03 bits per heavy atom. The summed E-state index contributed by atoms with van der Waals surface area (Å²) in [5.74, 6) is -1.85. The molecular weight excluding hydrogens is 441 g/mol. The van der Waals surface area contributed by atoms with Crippen LogP contribution in [-0.2, 0) is 6.18 Å². The van der Waals surface area contributed by atoms with Gasteiger partial charge in [-0.1, -0.05) is 11.6 Å². The number of halogens is 3. The van der Waals surface area contributed by atoms with Gasteiger partial charge in [-0.25, -0.2) is 9.59 Å². The number of carbonyl (C=O) groups is 3. The van der Waals surface area contributed by atoms with Crippen LogP contribution >= 0.6 is 0 Å². The van der Waals surface area contributed by atoms with Gasteiger partial charge in [0.1, 0.15) is 0 Å². The van der Waals surface area contributed by atoms with Gasteiger partial charge in [0, 0.05) is 32.4 Å². The molecule has 176 valence electrons. The van der Waals surface area contributed by atoms with E-state index in [-0.39, 0.29) is 16.7 Å². The number of aromatic nitrogens is 2. The fraction of sp³-hybridized carbons (Fsp3) is 0.455. The number of likely N-dealkylation sites (tertiary alicyclic amines) is 2. The van der Waals surface area contributed by atoms with E-state index in [4.69, 9.17) is 5.11 Å². The van der Waals surface area contributed by atoms with Gasteiger partial charge >= 0.3 is 18.2 Å². The molecule has 4 rings (SSSR count). The molecule has 0 saturated carbocycles. The topological polar surface area (TPSA) is 95.7 Å². The number of piperidine rings is 1. The van der Waals surface area contributed by atoms with Crippen molar-refractivity contribution in [1.82, 2.24) is 19.6 Å². The second-order valence-electron chi connectivity index (χ2n) is 8.74. The largest absolute Gasteiger partial charge is 0.476 e. The van der Waals surface area contributed by atoms with E-state index in [1.807, 2.05) is 0 Å². The minimum Gasteiger partial charge on any atom is -0.476 e. The second-order valence-corrected chi connectivity index (χ2v) is 8.74. The van der Waals surface area contributed by atoms with Crippen molar-refractivity contribution in [2.75, 3.05) is 26.2 Å². The SMILES string of the molecule is Cc1ccc(C(F)(F)F)c(C(=O)N2CCC3(CCN(C(=O)n4ccc(C(=O)O)n4)CC3)C2)c1. The Kier molecular flexibility index (Phi) is 5.67. The maximum Gasteiger partial charge on any atom is 0.417 e. The van der Waals surface area contributed by atoms with Crippen LogP contribution in [0, 0.1) is 12.3 Å². The molecule has 0 bridgehead atoms. The van der Waals surface area contributed by atoms with Gasteiger partial charge in [-0.05, 0) is 49.8 Å². The van der Waals surface area contributed by atoms with Crippen molar-refractivity contribution >= 4 is 17.9 Å². The smallest absolute Gasteiger partial charge is 0.417 e. The van der Waals surface area contributed by atoms with Crippen LogP contribution in [0.15, 0.2) is 30.5 Å². The van der Waals surface area contributed by atoms with Crippen LogP contribution in [0.5, 0.6) is 0 Å². The number of rotatable bonds is 2. The second kappa shape index (κ2) is 8.20. The molecule has 1 spiro atoms. The number of hydrogen-bond acceptors (Lipinski definition) is 4. The molecule has 1 aromatic carbocycles. The molecule has 11 heteroatoms. The fourth-order valence-electron chi connectivity index (χ4n) is 4.63. The number of alkyl halides is 3. The average molecular weight is 464 g/mol. The van der Waals surface area contributed by atoms with Crippen LogP contribution in [0.3, 0.4) is 0 Å². The third-order valence-corrected chi connectivity index (χ3v) is 6.54. The van der Waals surface area contributed by atoms with Crippen molar-refractivity contribution in [2.24, 2.45) is 5.41 Å². The van der Waals surface area contributed by atoms with Gasteiger partial charge in [-0.3, -0.25) is 4.79 Å². The van der Waals surface area contributed by atoms with E-state index >= 15 is 0 Å². The summed E-state index contributed by atoms with van der Waals surface area (Å²) < 4.78 is 41.3. The van der Waals surface area contributed by atoms with E-state index in [1.54, 1.807) is 11.8 Å². The molecule has 0 atom stereocenters. The zero-order chi connectivity index (χ0) is 24.0. The lowest BCUT2D eigenvalue weighted by Crippen LogP contribution is -2.46. The first-order valence-electron chi connectivity index (χ1n) is 10.5. The normalized spacial score (nSPS) is 18.1. The molecule has 2 aliphatic heterocycles. The first-order valence-corrected chi connectivity index (χ1v) is 10.5. The van der Waals surface area contributed by atoms with Gasteiger partial charge in [-0.2, -0.15) is 23.0 Å². The summed E-state index contributed by atoms with van der Waals surface area (Å²) in [6.07, 6.45) is -1.48. The standard InChI is InChI=1S/C22H23F3N4O4/c1-14-2-3-16(22(23,24)25)15(12-14)18(30)28-11-7-21(13-28)5-9-27(10-6-21)20(33)29-8-4-17(26-29)19(31)32/h2-4,8,12H,5-7,9-11,13H2,1H3,(H,31,32). The van der Waals surface area contributed by atoms with E-state index in [1.165, 1.54) is 29.3 Å². The Labute approximate surface area is 187 Å². The zero-order valence-electron chi connectivity index (χ0n) is 17.9. The number of carbonyl (C=O) groups excluding carboxylic acids is 2.